The lowest BCUT2D eigenvalue weighted by Gasteiger charge is -2.39. The van der Waals surface area contributed by atoms with Crippen molar-refractivity contribution in [2.45, 2.75) is 19.5 Å². The number of aromatic nitrogens is 5. The van der Waals surface area contributed by atoms with Gasteiger partial charge in [-0.2, -0.15) is 4.68 Å². The second-order valence-corrected chi connectivity index (χ2v) is 6.81. The third-order valence-electron chi connectivity index (χ3n) is 4.28. The number of tetrazole rings is 1. The molecule has 0 amide bonds. The Hall–Kier alpha value is -2.32. The highest BCUT2D eigenvalue weighted by molar-refractivity contribution is 7.13. The Morgan fingerprint density at radius 3 is 2.83 bits per heavy atom. The number of hydrogen-bond donors (Lipinski definition) is 0. The molecular weight excluding hydrogens is 322 g/mol. The van der Waals surface area contributed by atoms with Crippen LogP contribution >= 0.6 is 11.3 Å². The van der Waals surface area contributed by atoms with Crippen LogP contribution in [0.25, 0.3) is 5.69 Å². The van der Waals surface area contributed by atoms with E-state index in [2.05, 4.69) is 37.2 Å². The molecule has 24 heavy (non-hydrogen) atoms. The number of para-hydroxylation sites is 1. The molecule has 1 fully saturated rings. The van der Waals surface area contributed by atoms with Gasteiger partial charge in [-0.1, -0.05) is 18.2 Å². The van der Waals surface area contributed by atoms with E-state index in [9.17, 15) is 0 Å². The summed E-state index contributed by atoms with van der Waals surface area (Å²) in [5.41, 5.74) is 0.993. The summed E-state index contributed by atoms with van der Waals surface area (Å²) in [6, 6.07) is 10.4. The number of hydrogen-bond acceptors (Lipinski definition) is 7. The van der Waals surface area contributed by atoms with Crippen LogP contribution in [0.2, 0.25) is 0 Å². The molecule has 0 spiro atoms. The first-order chi connectivity index (χ1) is 11.8. The lowest BCUT2D eigenvalue weighted by Crippen LogP contribution is -2.51. The van der Waals surface area contributed by atoms with Crippen molar-refractivity contribution in [2.75, 3.05) is 24.5 Å². The molecule has 0 bridgehead atoms. The Morgan fingerprint density at radius 2 is 2.08 bits per heavy atom. The molecule has 3 heterocycles. The van der Waals surface area contributed by atoms with Crippen molar-refractivity contribution in [3.8, 4) is 5.69 Å². The topological polar surface area (TPSA) is 63.0 Å². The first kappa shape index (κ1) is 15.2. The largest absolute Gasteiger partial charge is 0.343 e. The number of anilines is 1. The van der Waals surface area contributed by atoms with Crippen molar-refractivity contribution in [1.29, 1.82) is 0 Å². The molecule has 1 saturated heterocycles. The summed E-state index contributed by atoms with van der Waals surface area (Å²) in [5, 5.41) is 15.3. The first-order valence-electron chi connectivity index (χ1n) is 8.02. The molecule has 1 aromatic carbocycles. The Morgan fingerprint density at radius 1 is 1.21 bits per heavy atom. The van der Waals surface area contributed by atoms with E-state index in [-0.39, 0.29) is 0 Å². The summed E-state index contributed by atoms with van der Waals surface area (Å²) < 4.78 is 1.82. The van der Waals surface area contributed by atoms with Crippen molar-refractivity contribution in [3.63, 3.8) is 0 Å². The van der Waals surface area contributed by atoms with Gasteiger partial charge in [0, 0.05) is 37.3 Å². The highest BCUT2D eigenvalue weighted by Gasteiger charge is 2.26. The monoisotopic (exact) mass is 341 g/mol. The molecule has 0 radical (unpaired) electrons. The van der Waals surface area contributed by atoms with Gasteiger partial charge in [0.2, 0.25) is 0 Å². The minimum Gasteiger partial charge on any atom is -0.343 e. The van der Waals surface area contributed by atoms with E-state index >= 15 is 0 Å². The fourth-order valence-corrected chi connectivity index (χ4v) is 3.86. The van der Waals surface area contributed by atoms with Crippen molar-refractivity contribution >= 4 is 16.5 Å². The molecule has 0 unspecified atom stereocenters. The third-order valence-corrected chi connectivity index (χ3v) is 5.09. The van der Waals surface area contributed by atoms with Gasteiger partial charge in [-0.05, 0) is 29.5 Å². The second kappa shape index (κ2) is 6.66. The summed E-state index contributed by atoms with van der Waals surface area (Å²) in [4.78, 5) is 9.21. The van der Waals surface area contributed by atoms with E-state index in [0.717, 1.165) is 42.8 Å². The normalized spacial score (nSPS) is 18.9. The van der Waals surface area contributed by atoms with Crippen LogP contribution in [0, 0.1) is 0 Å². The quantitative estimate of drug-likeness (QED) is 0.721. The average molecular weight is 341 g/mol. The zero-order chi connectivity index (χ0) is 16.4. The molecule has 124 valence electrons. The summed E-state index contributed by atoms with van der Waals surface area (Å²) in [5.74, 6) is 0.871. The molecule has 0 aliphatic carbocycles. The van der Waals surface area contributed by atoms with E-state index in [1.54, 1.807) is 11.3 Å². The van der Waals surface area contributed by atoms with Crippen molar-refractivity contribution in [3.05, 3.63) is 47.7 Å². The smallest absolute Gasteiger partial charge is 0.185 e. The zero-order valence-corrected chi connectivity index (χ0v) is 14.3. The minimum absolute atomic E-state index is 0.422. The van der Waals surface area contributed by atoms with Crippen LogP contribution in [0.15, 0.2) is 41.9 Å². The van der Waals surface area contributed by atoms with Crippen LogP contribution in [-0.2, 0) is 6.54 Å². The van der Waals surface area contributed by atoms with Crippen LogP contribution in [0.3, 0.4) is 0 Å². The lowest BCUT2D eigenvalue weighted by molar-refractivity contribution is 0.214. The second-order valence-electron chi connectivity index (χ2n) is 5.93. The van der Waals surface area contributed by atoms with E-state index in [1.807, 2.05) is 46.6 Å². The fourth-order valence-electron chi connectivity index (χ4n) is 3.09. The average Bonchev–Trinajstić information content (AvgIpc) is 3.28. The molecule has 7 nitrogen and oxygen atoms in total. The van der Waals surface area contributed by atoms with Gasteiger partial charge in [0.25, 0.3) is 0 Å². The summed E-state index contributed by atoms with van der Waals surface area (Å²) >= 11 is 1.70. The molecule has 2 aromatic heterocycles. The predicted molar refractivity (Wildman–Crippen MR) is 93.4 cm³/mol. The van der Waals surface area contributed by atoms with Crippen LogP contribution in [-0.4, -0.2) is 55.8 Å². The first-order valence-corrected chi connectivity index (χ1v) is 8.90. The molecule has 3 aromatic rings. The van der Waals surface area contributed by atoms with E-state index < -0.39 is 0 Å². The molecule has 8 heteroatoms. The maximum atomic E-state index is 4.43. The van der Waals surface area contributed by atoms with Crippen molar-refractivity contribution < 1.29 is 0 Å². The van der Waals surface area contributed by atoms with Crippen LogP contribution < -0.4 is 4.90 Å². The molecule has 0 N–H and O–H groups in total. The van der Waals surface area contributed by atoms with Gasteiger partial charge < -0.3 is 4.90 Å². The van der Waals surface area contributed by atoms with E-state index in [0.29, 0.717) is 6.04 Å². The molecule has 1 aliphatic rings. The Kier molecular flexibility index (Phi) is 4.22. The summed E-state index contributed by atoms with van der Waals surface area (Å²) in [6.07, 6.45) is 1.87. The summed E-state index contributed by atoms with van der Waals surface area (Å²) in [6.45, 7) is 5.92. The van der Waals surface area contributed by atoms with Gasteiger partial charge in [0.1, 0.15) is 0 Å². The minimum atomic E-state index is 0.422. The van der Waals surface area contributed by atoms with E-state index in [4.69, 9.17) is 0 Å². The number of rotatable bonds is 4. The number of thiazole rings is 1. The Balaban J connectivity index is 1.45. The predicted octanol–water partition coefficient (Wildman–Crippen LogP) is 1.83. The Labute approximate surface area is 144 Å². The lowest BCUT2D eigenvalue weighted by atomic mass is 10.2. The number of piperazine rings is 1. The highest BCUT2D eigenvalue weighted by atomic mass is 32.1. The van der Waals surface area contributed by atoms with Gasteiger partial charge in [0.15, 0.2) is 11.0 Å². The van der Waals surface area contributed by atoms with Gasteiger partial charge in [-0.15, -0.1) is 16.4 Å². The van der Waals surface area contributed by atoms with Gasteiger partial charge >= 0.3 is 0 Å². The van der Waals surface area contributed by atoms with Gasteiger partial charge in [0.05, 0.1) is 12.2 Å². The van der Waals surface area contributed by atoms with Crippen molar-refractivity contribution in [1.82, 2.24) is 30.1 Å². The van der Waals surface area contributed by atoms with Crippen LogP contribution in [0.1, 0.15) is 12.7 Å². The summed E-state index contributed by atoms with van der Waals surface area (Å²) in [7, 11) is 0. The highest BCUT2D eigenvalue weighted by Crippen LogP contribution is 2.23. The Bertz CT molecular complexity index is 771. The van der Waals surface area contributed by atoms with Crippen molar-refractivity contribution in [2.24, 2.45) is 0 Å². The fraction of sp³-hybridized carbons (Fsp3) is 0.375. The maximum Gasteiger partial charge on any atom is 0.185 e. The number of nitrogens with zero attached hydrogens (tertiary/aromatic N) is 7. The third kappa shape index (κ3) is 3.02. The zero-order valence-electron chi connectivity index (χ0n) is 13.5. The SMILES string of the molecule is C[C@H]1CN(Cc2nnnn2-c2ccccc2)CCN1c1nccs1. The molecule has 4 rings (SSSR count). The van der Waals surface area contributed by atoms with Gasteiger partial charge in [-0.3, -0.25) is 4.90 Å². The molecule has 1 atom stereocenters. The number of benzene rings is 1. The van der Waals surface area contributed by atoms with Gasteiger partial charge in [-0.25, -0.2) is 4.98 Å². The molecular formula is C16H19N7S. The standard InChI is InChI=1S/C16H19N7S/c1-13-11-21(8-9-22(13)16-17-7-10-24-16)12-15-18-19-20-23(15)14-5-3-2-4-6-14/h2-7,10,13H,8-9,11-12H2,1H3/t13-/m0/s1. The van der Waals surface area contributed by atoms with E-state index in [1.165, 1.54) is 0 Å². The molecule has 1 aliphatic heterocycles. The van der Waals surface area contributed by atoms with Crippen LogP contribution in [0.5, 0.6) is 0 Å². The molecule has 0 saturated carbocycles. The maximum absolute atomic E-state index is 4.43. The van der Waals surface area contributed by atoms with Crippen LogP contribution in [0.4, 0.5) is 5.13 Å².